The van der Waals surface area contributed by atoms with Gasteiger partial charge in [-0.15, -0.1) is 0 Å². The number of hydrogen-bond acceptors (Lipinski definition) is 2. The molecule has 2 rings (SSSR count). The second kappa shape index (κ2) is 4.88. The molecule has 2 nitrogen and oxygen atoms in total. The zero-order valence-corrected chi connectivity index (χ0v) is 10.4. The zero-order chi connectivity index (χ0) is 11.5. The van der Waals surface area contributed by atoms with Crippen LogP contribution in [0.1, 0.15) is 30.9 Å². The van der Waals surface area contributed by atoms with Crippen molar-refractivity contribution in [2.45, 2.75) is 26.2 Å². The summed E-state index contributed by atoms with van der Waals surface area (Å²) < 4.78 is 5.53. The third-order valence-corrected chi connectivity index (χ3v) is 3.62. The molecule has 0 saturated carbocycles. The highest BCUT2D eigenvalue weighted by Gasteiger charge is 2.17. The first-order chi connectivity index (χ1) is 7.72. The molecule has 0 aromatic heterocycles. The van der Waals surface area contributed by atoms with Gasteiger partial charge in [-0.3, -0.25) is 0 Å². The molecule has 1 aromatic carbocycles. The van der Waals surface area contributed by atoms with Crippen molar-refractivity contribution in [3.8, 4) is 5.75 Å². The van der Waals surface area contributed by atoms with Crippen molar-refractivity contribution in [1.29, 1.82) is 0 Å². The summed E-state index contributed by atoms with van der Waals surface area (Å²) in [5, 5.41) is 3.25. The van der Waals surface area contributed by atoms with Crippen LogP contribution < -0.4 is 10.1 Å². The van der Waals surface area contributed by atoms with Crippen molar-refractivity contribution in [3.05, 3.63) is 29.3 Å². The highest BCUT2D eigenvalue weighted by molar-refractivity contribution is 5.40. The molecule has 1 aliphatic rings. The molecular weight excluding hydrogens is 198 g/mol. The van der Waals surface area contributed by atoms with E-state index in [0.717, 1.165) is 25.3 Å². The quantitative estimate of drug-likeness (QED) is 0.840. The summed E-state index contributed by atoms with van der Waals surface area (Å²) in [5.41, 5.74) is 2.81. The van der Waals surface area contributed by atoms with E-state index in [1.54, 1.807) is 0 Å². The van der Waals surface area contributed by atoms with Crippen LogP contribution in [0.25, 0.3) is 0 Å². The maximum atomic E-state index is 5.53. The zero-order valence-electron chi connectivity index (χ0n) is 10.4. The number of hydrogen-bond donors (Lipinski definition) is 1. The molecule has 0 radical (unpaired) electrons. The molecule has 1 N–H and O–H groups in total. The summed E-state index contributed by atoms with van der Waals surface area (Å²) in [6.45, 7) is 6.51. The maximum Gasteiger partial charge on any atom is 0.122 e. The largest absolute Gasteiger partial charge is 0.493 e. The molecule has 0 bridgehead atoms. The van der Waals surface area contributed by atoms with E-state index in [4.69, 9.17) is 4.74 Å². The summed E-state index contributed by atoms with van der Waals surface area (Å²) in [6, 6.07) is 6.65. The number of rotatable bonds is 4. The van der Waals surface area contributed by atoms with E-state index in [2.05, 4.69) is 37.4 Å². The Kier molecular flexibility index (Phi) is 3.49. The second-order valence-electron chi connectivity index (χ2n) is 4.79. The molecule has 0 aliphatic carbocycles. The van der Waals surface area contributed by atoms with Crippen LogP contribution in [0, 0.1) is 5.92 Å². The van der Waals surface area contributed by atoms with Crippen LogP contribution in [0.4, 0.5) is 0 Å². The van der Waals surface area contributed by atoms with Gasteiger partial charge in [0, 0.05) is 6.42 Å². The molecule has 0 amide bonds. The van der Waals surface area contributed by atoms with Crippen LogP contribution in [0.2, 0.25) is 0 Å². The lowest BCUT2D eigenvalue weighted by Crippen LogP contribution is -2.20. The summed E-state index contributed by atoms with van der Waals surface area (Å²) in [5.74, 6) is 2.33. The number of ether oxygens (including phenoxy) is 1. The van der Waals surface area contributed by atoms with Crippen LogP contribution in [-0.2, 0) is 6.42 Å². The Bertz CT molecular complexity index is 362. The van der Waals surface area contributed by atoms with Crippen molar-refractivity contribution in [1.82, 2.24) is 5.32 Å². The van der Waals surface area contributed by atoms with Crippen molar-refractivity contribution < 1.29 is 4.74 Å². The SMILES string of the molecule is CNCC(C)C(C)c1ccc2c(c1)CCO2. The molecule has 0 spiro atoms. The molecule has 16 heavy (non-hydrogen) atoms. The molecule has 1 aromatic rings. The van der Waals surface area contributed by atoms with Crippen molar-refractivity contribution in [2.24, 2.45) is 5.92 Å². The van der Waals surface area contributed by atoms with Gasteiger partial charge in [0.15, 0.2) is 0 Å². The Labute approximate surface area is 98.0 Å². The predicted molar refractivity (Wildman–Crippen MR) is 67.1 cm³/mol. The second-order valence-corrected chi connectivity index (χ2v) is 4.79. The van der Waals surface area contributed by atoms with Crippen molar-refractivity contribution >= 4 is 0 Å². The average Bonchev–Trinajstić information content (AvgIpc) is 2.75. The van der Waals surface area contributed by atoms with Gasteiger partial charge in [0.05, 0.1) is 6.61 Å². The van der Waals surface area contributed by atoms with Crippen LogP contribution in [-0.4, -0.2) is 20.2 Å². The topological polar surface area (TPSA) is 21.3 Å². The third kappa shape index (κ3) is 2.22. The average molecular weight is 219 g/mol. The van der Waals surface area contributed by atoms with Crippen molar-refractivity contribution in [2.75, 3.05) is 20.2 Å². The van der Waals surface area contributed by atoms with Gasteiger partial charge in [-0.1, -0.05) is 26.0 Å². The summed E-state index contributed by atoms with van der Waals surface area (Å²) in [6.07, 6.45) is 1.07. The molecule has 2 unspecified atom stereocenters. The van der Waals surface area contributed by atoms with E-state index in [1.807, 2.05) is 7.05 Å². The summed E-state index contributed by atoms with van der Waals surface area (Å²) in [7, 11) is 2.01. The van der Waals surface area contributed by atoms with Crippen LogP contribution >= 0.6 is 0 Å². The lowest BCUT2D eigenvalue weighted by atomic mass is 9.88. The molecule has 0 saturated heterocycles. The standard InChI is InChI=1S/C14H21NO/c1-10(9-15-3)11(2)12-4-5-14-13(8-12)6-7-16-14/h4-5,8,10-11,15H,6-7,9H2,1-3H3. The minimum atomic E-state index is 0.596. The molecule has 88 valence electrons. The Morgan fingerprint density at radius 2 is 2.19 bits per heavy atom. The Balaban J connectivity index is 2.14. The molecular formula is C14H21NO. The first kappa shape index (κ1) is 11.5. The van der Waals surface area contributed by atoms with Crippen molar-refractivity contribution in [3.63, 3.8) is 0 Å². The van der Waals surface area contributed by atoms with Crippen LogP contribution in [0.5, 0.6) is 5.75 Å². The first-order valence-electron chi connectivity index (χ1n) is 6.12. The van der Waals surface area contributed by atoms with E-state index < -0.39 is 0 Å². The molecule has 2 atom stereocenters. The lowest BCUT2D eigenvalue weighted by molar-refractivity contribution is 0.356. The van der Waals surface area contributed by atoms with Gasteiger partial charge in [-0.05, 0) is 42.6 Å². The van der Waals surface area contributed by atoms with Gasteiger partial charge in [-0.2, -0.15) is 0 Å². The summed E-state index contributed by atoms with van der Waals surface area (Å²) in [4.78, 5) is 0. The van der Waals surface area contributed by atoms with E-state index in [0.29, 0.717) is 11.8 Å². The highest BCUT2D eigenvalue weighted by Crippen LogP contribution is 2.31. The Hall–Kier alpha value is -1.02. The van der Waals surface area contributed by atoms with Crippen LogP contribution in [0.15, 0.2) is 18.2 Å². The Morgan fingerprint density at radius 3 is 2.94 bits per heavy atom. The fourth-order valence-corrected chi connectivity index (χ4v) is 2.32. The van der Waals surface area contributed by atoms with Gasteiger partial charge in [0.2, 0.25) is 0 Å². The van der Waals surface area contributed by atoms with E-state index in [1.165, 1.54) is 11.1 Å². The minimum Gasteiger partial charge on any atom is -0.493 e. The number of nitrogens with one attached hydrogen (secondary N) is 1. The van der Waals surface area contributed by atoms with Gasteiger partial charge in [-0.25, -0.2) is 0 Å². The predicted octanol–water partition coefficient (Wildman–Crippen LogP) is 2.58. The van der Waals surface area contributed by atoms with E-state index in [-0.39, 0.29) is 0 Å². The highest BCUT2D eigenvalue weighted by atomic mass is 16.5. The third-order valence-electron chi connectivity index (χ3n) is 3.62. The van der Waals surface area contributed by atoms with Gasteiger partial charge in [0.1, 0.15) is 5.75 Å². The van der Waals surface area contributed by atoms with Gasteiger partial charge < -0.3 is 10.1 Å². The molecule has 2 heteroatoms. The summed E-state index contributed by atoms with van der Waals surface area (Å²) >= 11 is 0. The van der Waals surface area contributed by atoms with Gasteiger partial charge in [0.25, 0.3) is 0 Å². The first-order valence-corrected chi connectivity index (χ1v) is 6.12. The lowest BCUT2D eigenvalue weighted by Gasteiger charge is -2.20. The molecule has 0 fully saturated rings. The van der Waals surface area contributed by atoms with E-state index in [9.17, 15) is 0 Å². The number of benzene rings is 1. The normalized spacial score (nSPS) is 17.7. The van der Waals surface area contributed by atoms with Gasteiger partial charge >= 0.3 is 0 Å². The van der Waals surface area contributed by atoms with E-state index >= 15 is 0 Å². The maximum absolute atomic E-state index is 5.53. The molecule has 1 aliphatic heterocycles. The fraction of sp³-hybridized carbons (Fsp3) is 0.571. The Morgan fingerprint density at radius 1 is 1.38 bits per heavy atom. The smallest absolute Gasteiger partial charge is 0.122 e. The number of fused-ring (bicyclic) bond motifs is 1. The fourth-order valence-electron chi connectivity index (χ4n) is 2.32. The monoisotopic (exact) mass is 219 g/mol. The molecule has 1 heterocycles. The van der Waals surface area contributed by atoms with Crippen LogP contribution in [0.3, 0.4) is 0 Å². The minimum absolute atomic E-state index is 0.596.